The average molecular weight is 207 g/mol. The molecule has 80 valence electrons. The van der Waals surface area contributed by atoms with Gasteiger partial charge in [0.25, 0.3) is 0 Å². The molecule has 1 aromatic rings. The molecule has 0 aliphatic carbocycles. The maximum atomic E-state index is 10.9. The van der Waals surface area contributed by atoms with E-state index < -0.39 is 12.1 Å². The number of rotatable bonds is 1. The number of fused-ring (bicyclic) bond motifs is 1. The van der Waals surface area contributed by atoms with Crippen LogP contribution in [0.3, 0.4) is 0 Å². The number of nitrogens with zero attached hydrogens (tertiary/aromatic N) is 1. The predicted octanol–water partition coefficient (Wildman–Crippen LogP) is 1.28. The number of aliphatic carboxylic acids is 1. The lowest BCUT2D eigenvalue weighted by atomic mass is 10.1. The minimum Gasteiger partial charge on any atom is -0.478 e. The molecular weight excluding hydrogens is 194 g/mol. The van der Waals surface area contributed by atoms with Gasteiger partial charge in [-0.05, 0) is 18.6 Å². The first-order valence-electron chi connectivity index (χ1n) is 4.80. The number of para-hydroxylation sites is 1. The lowest BCUT2D eigenvalue weighted by Gasteiger charge is -2.32. The van der Waals surface area contributed by atoms with E-state index in [4.69, 9.17) is 9.84 Å². The number of benzene rings is 1. The van der Waals surface area contributed by atoms with Gasteiger partial charge in [0.1, 0.15) is 5.75 Å². The van der Waals surface area contributed by atoms with Gasteiger partial charge in [0.15, 0.2) is 0 Å². The Kier molecular flexibility index (Phi) is 2.26. The molecule has 4 nitrogen and oxygen atoms in total. The van der Waals surface area contributed by atoms with Crippen LogP contribution in [0.4, 0.5) is 5.69 Å². The maximum Gasteiger partial charge on any atom is 0.346 e. The minimum atomic E-state index is -0.921. The van der Waals surface area contributed by atoms with E-state index in [2.05, 4.69) is 0 Å². The van der Waals surface area contributed by atoms with Crippen LogP contribution in [0.5, 0.6) is 5.75 Å². The Morgan fingerprint density at radius 1 is 1.60 bits per heavy atom. The molecule has 0 fully saturated rings. The number of likely N-dealkylation sites (N-methyl/N-ethyl adjacent to an activating group) is 1. The first-order valence-corrected chi connectivity index (χ1v) is 4.80. The summed E-state index contributed by atoms with van der Waals surface area (Å²) < 4.78 is 5.45. The summed E-state index contributed by atoms with van der Waals surface area (Å²) in [5, 5.41) is 8.92. The Bertz CT molecular complexity index is 403. The standard InChI is InChI=1S/C11H13NO3/c1-7-4-3-5-8-10(7)15-9(11(13)14)6-12(8)2/h3-5,9H,6H2,1-2H3,(H,13,14). The molecule has 0 aromatic heterocycles. The second-order valence-electron chi connectivity index (χ2n) is 3.75. The second kappa shape index (κ2) is 3.46. The number of carboxylic acids is 1. The fourth-order valence-electron chi connectivity index (χ4n) is 1.75. The highest BCUT2D eigenvalue weighted by molar-refractivity contribution is 5.76. The summed E-state index contributed by atoms with van der Waals surface area (Å²) in [6.45, 7) is 2.29. The van der Waals surface area contributed by atoms with Gasteiger partial charge >= 0.3 is 5.97 Å². The Balaban J connectivity index is 2.41. The summed E-state index contributed by atoms with van der Waals surface area (Å²) in [6.07, 6.45) is -0.774. The van der Waals surface area contributed by atoms with Gasteiger partial charge in [-0.15, -0.1) is 0 Å². The third-order valence-electron chi connectivity index (χ3n) is 2.58. The number of carbonyl (C=O) groups is 1. The van der Waals surface area contributed by atoms with Gasteiger partial charge in [-0.25, -0.2) is 4.79 Å². The zero-order valence-electron chi connectivity index (χ0n) is 8.73. The lowest BCUT2D eigenvalue weighted by Crippen LogP contribution is -2.42. The molecule has 1 aliphatic heterocycles. The van der Waals surface area contributed by atoms with Crippen LogP contribution in [0.1, 0.15) is 5.56 Å². The maximum absolute atomic E-state index is 10.9. The van der Waals surface area contributed by atoms with Crippen molar-refractivity contribution >= 4 is 11.7 Å². The van der Waals surface area contributed by atoms with Gasteiger partial charge in [0.2, 0.25) is 6.10 Å². The van der Waals surface area contributed by atoms with Crippen molar-refractivity contribution in [3.8, 4) is 5.75 Å². The Morgan fingerprint density at radius 2 is 2.33 bits per heavy atom. The highest BCUT2D eigenvalue weighted by Gasteiger charge is 2.29. The van der Waals surface area contributed by atoms with Crippen LogP contribution in [-0.2, 0) is 4.79 Å². The first-order chi connectivity index (χ1) is 7.09. The van der Waals surface area contributed by atoms with Gasteiger partial charge in [0, 0.05) is 7.05 Å². The van der Waals surface area contributed by atoms with Crippen molar-refractivity contribution in [2.75, 3.05) is 18.5 Å². The summed E-state index contributed by atoms with van der Waals surface area (Å²) in [7, 11) is 1.87. The number of hydrogen-bond acceptors (Lipinski definition) is 3. The predicted molar refractivity (Wildman–Crippen MR) is 56.5 cm³/mol. The summed E-state index contributed by atoms with van der Waals surface area (Å²) in [5.74, 6) is -0.241. The van der Waals surface area contributed by atoms with Gasteiger partial charge in [0.05, 0.1) is 12.2 Å². The van der Waals surface area contributed by atoms with E-state index in [0.29, 0.717) is 12.3 Å². The Morgan fingerprint density at radius 3 is 3.00 bits per heavy atom. The van der Waals surface area contributed by atoms with Crippen LogP contribution in [0.25, 0.3) is 0 Å². The van der Waals surface area contributed by atoms with Crippen LogP contribution >= 0.6 is 0 Å². The monoisotopic (exact) mass is 207 g/mol. The van der Waals surface area contributed by atoms with Crippen LogP contribution in [0, 0.1) is 6.92 Å². The molecule has 1 aliphatic rings. The molecular formula is C11H13NO3. The largest absolute Gasteiger partial charge is 0.478 e. The van der Waals surface area contributed by atoms with Crippen molar-refractivity contribution in [3.63, 3.8) is 0 Å². The number of hydrogen-bond donors (Lipinski definition) is 1. The molecule has 0 spiro atoms. The van der Waals surface area contributed by atoms with Crippen molar-refractivity contribution in [3.05, 3.63) is 23.8 Å². The van der Waals surface area contributed by atoms with E-state index in [1.165, 1.54) is 0 Å². The second-order valence-corrected chi connectivity index (χ2v) is 3.75. The summed E-state index contributed by atoms with van der Waals surface area (Å²) >= 11 is 0. The van der Waals surface area contributed by atoms with Gasteiger partial charge in [-0.2, -0.15) is 0 Å². The molecule has 2 rings (SSSR count). The third-order valence-corrected chi connectivity index (χ3v) is 2.58. The molecule has 1 aromatic carbocycles. The minimum absolute atomic E-state index is 0.381. The molecule has 0 bridgehead atoms. The zero-order chi connectivity index (χ0) is 11.0. The van der Waals surface area contributed by atoms with E-state index in [-0.39, 0.29) is 0 Å². The Labute approximate surface area is 88.1 Å². The Hall–Kier alpha value is -1.71. The molecule has 1 N–H and O–H groups in total. The summed E-state index contributed by atoms with van der Waals surface area (Å²) in [6, 6.07) is 5.78. The van der Waals surface area contributed by atoms with Crippen molar-refractivity contribution in [1.29, 1.82) is 0 Å². The van der Waals surface area contributed by atoms with E-state index in [9.17, 15) is 4.79 Å². The van der Waals surface area contributed by atoms with Crippen LogP contribution in [-0.4, -0.2) is 30.8 Å². The molecule has 0 radical (unpaired) electrons. The fraction of sp³-hybridized carbons (Fsp3) is 0.364. The van der Waals surface area contributed by atoms with Gasteiger partial charge < -0.3 is 14.7 Å². The number of anilines is 1. The van der Waals surface area contributed by atoms with Gasteiger partial charge in [-0.3, -0.25) is 0 Å². The van der Waals surface area contributed by atoms with Crippen molar-refractivity contribution in [1.82, 2.24) is 0 Å². The third kappa shape index (κ3) is 1.63. The molecule has 0 amide bonds. The first kappa shape index (κ1) is 9.83. The van der Waals surface area contributed by atoms with E-state index >= 15 is 0 Å². The molecule has 1 atom stereocenters. The number of aryl methyl sites for hydroxylation is 1. The lowest BCUT2D eigenvalue weighted by molar-refractivity contribution is -0.144. The van der Waals surface area contributed by atoms with Crippen molar-refractivity contribution in [2.45, 2.75) is 13.0 Å². The molecule has 4 heteroatoms. The highest BCUT2D eigenvalue weighted by atomic mass is 16.5. The summed E-state index contributed by atoms with van der Waals surface area (Å²) in [4.78, 5) is 12.8. The quantitative estimate of drug-likeness (QED) is 0.753. The van der Waals surface area contributed by atoms with E-state index in [1.807, 2.05) is 37.1 Å². The SMILES string of the molecule is Cc1cccc2c1OC(C(=O)O)CN2C. The molecule has 0 saturated heterocycles. The fourth-order valence-corrected chi connectivity index (χ4v) is 1.75. The van der Waals surface area contributed by atoms with Crippen LogP contribution < -0.4 is 9.64 Å². The molecule has 15 heavy (non-hydrogen) atoms. The molecule has 0 saturated carbocycles. The highest BCUT2D eigenvalue weighted by Crippen LogP contribution is 2.35. The molecule has 1 heterocycles. The topological polar surface area (TPSA) is 49.8 Å². The summed E-state index contributed by atoms with van der Waals surface area (Å²) in [5.41, 5.74) is 1.91. The van der Waals surface area contributed by atoms with Crippen LogP contribution in [0.2, 0.25) is 0 Å². The molecule has 1 unspecified atom stereocenters. The normalized spacial score (nSPS) is 19.3. The zero-order valence-corrected chi connectivity index (χ0v) is 8.73. The van der Waals surface area contributed by atoms with Crippen molar-refractivity contribution < 1.29 is 14.6 Å². The number of ether oxygens (including phenoxy) is 1. The number of carboxylic acid groups (broad SMARTS) is 1. The average Bonchev–Trinajstić information content (AvgIpc) is 2.19. The van der Waals surface area contributed by atoms with Gasteiger partial charge in [-0.1, -0.05) is 12.1 Å². The van der Waals surface area contributed by atoms with Crippen LogP contribution in [0.15, 0.2) is 18.2 Å². The van der Waals surface area contributed by atoms with Crippen molar-refractivity contribution in [2.24, 2.45) is 0 Å². The smallest absolute Gasteiger partial charge is 0.346 e. The van der Waals surface area contributed by atoms with E-state index in [0.717, 1.165) is 11.3 Å². The van der Waals surface area contributed by atoms with E-state index in [1.54, 1.807) is 0 Å².